The molecule has 0 bridgehead atoms. The Hall–Kier alpha value is -0.470. The maximum Gasteiger partial charge on any atom is 0.0251 e. The molecule has 18 heavy (non-hydrogen) atoms. The first-order valence-electron chi connectivity index (χ1n) is 6.92. The van der Waals surface area contributed by atoms with Crippen LogP contribution in [0.3, 0.4) is 0 Å². The highest BCUT2D eigenvalue weighted by Gasteiger charge is 2.39. The quantitative estimate of drug-likeness (QED) is 0.873. The van der Waals surface area contributed by atoms with E-state index in [1.165, 1.54) is 23.3 Å². The van der Waals surface area contributed by atoms with Crippen LogP contribution < -0.4 is 5.73 Å². The molecule has 0 radical (unpaired) electrons. The number of rotatable bonds is 3. The summed E-state index contributed by atoms with van der Waals surface area (Å²) in [6.07, 6.45) is 2.49. The standard InChI is InChI=1S/C16H25NS/c1-11(2)12-5-7-13(8-6-12)18-14-9-10-16(3,4)15(14)17/h5-8,11,14-15H,9-10,17H2,1-4H3. The Morgan fingerprint density at radius 1 is 1.22 bits per heavy atom. The summed E-state index contributed by atoms with van der Waals surface area (Å²) in [6.45, 7) is 9.05. The molecule has 2 heteroatoms. The smallest absolute Gasteiger partial charge is 0.0251 e. The zero-order chi connectivity index (χ0) is 13.3. The SMILES string of the molecule is CC(C)c1ccc(SC2CCC(C)(C)C2N)cc1. The second kappa shape index (κ2) is 5.26. The van der Waals surface area contributed by atoms with E-state index in [4.69, 9.17) is 5.73 Å². The molecule has 2 atom stereocenters. The van der Waals surface area contributed by atoms with Gasteiger partial charge in [-0.15, -0.1) is 11.8 Å². The average molecular weight is 263 g/mol. The van der Waals surface area contributed by atoms with Crippen molar-refractivity contribution in [2.45, 2.75) is 62.6 Å². The zero-order valence-corrected chi connectivity index (χ0v) is 12.8. The van der Waals surface area contributed by atoms with Crippen LogP contribution in [0.15, 0.2) is 29.2 Å². The third kappa shape index (κ3) is 2.92. The predicted molar refractivity (Wildman–Crippen MR) is 81.2 cm³/mol. The highest BCUT2D eigenvalue weighted by molar-refractivity contribution is 8.00. The summed E-state index contributed by atoms with van der Waals surface area (Å²) in [4.78, 5) is 1.36. The summed E-state index contributed by atoms with van der Waals surface area (Å²) in [5.74, 6) is 0.608. The van der Waals surface area contributed by atoms with Crippen LogP contribution in [0.25, 0.3) is 0 Å². The van der Waals surface area contributed by atoms with Gasteiger partial charge in [0.2, 0.25) is 0 Å². The molecular formula is C16H25NS. The van der Waals surface area contributed by atoms with E-state index >= 15 is 0 Å². The van der Waals surface area contributed by atoms with Gasteiger partial charge in [-0.25, -0.2) is 0 Å². The first kappa shape index (κ1) is 14.0. The summed E-state index contributed by atoms with van der Waals surface area (Å²) >= 11 is 1.96. The maximum absolute atomic E-state index is 6.36. The van der Waals surface area contributed by atoms with Crippen LogP contribution in [0.4, 0.5) is 0 Å². The molecule has 0 aliphatic heterocycles. The molecule has 0 spiro atoms. The van der Waals surface area contributed by atoms with Crippen molar-refractivity contribution in [2.75, 3.05) is 0 Å². The van der Waals surface area contributed by atoms with Gasteiger partial charge in [0.25, 0.3) is 0 Å². The maximum atomic E-state index is 6.36. The van der Waals surface area contributed by atoms with Gasteiger partial charge < -0.3 is 5.73 Å². The van der Waals surface area contributed by atoms with E-state index in [0.717, 1.165) is 0 Å². The second-order valence-corrected chi connectivity index (χ2v) is 7.75. The van der Waals surface area contributed by atoms with Crippen molar-refractivity contribution >= 4 is 11.8 Å². The van der Waals surface area contributed by atoms with Crippen molar-refractivity contribution in [3.8, 4) is 0 Å². The third-order valence-electron chi connectivity index (χ3n) is 4.21. The zero-order valence-electron chi connectivity index (χ0n) is 11.9. The Bertz CT molecular complexity index is 394. The monoisotopic (exact) mass is 263 g/mol. The van der Waals surface area contributed by atoms with Gasteiger partial charge in [0.15, 0.2) is 0 Å². The van der Waals surface area contributed by atoms with Crippen LogP contribution in [0.1, 0.15) is 52.0 Å². The van der Waals surface area contributed by atoms with Crippen molar-refractivity contribution in [3.05, 3.63) is 29.8 Å². The lowest BCUT2D eigenvalue weighted by molar-refractivity contribution is 0.334. The topological polar surface area (TPSA) is 26.0 Å². The summed E-state index contributed by atoms with van der Waals surface area (Å²) in [5.41, 5.74) is 8.08. The van der Waals surface area contributed by atoms with Crippen molar-refractivity contribution in [1.82, 2.24) is 0 Å². The van der Waals surface area contributed by atoms with Gasteiger partial charge in [-0.2, -0.15) is 0 Å². The molecule has 0 heterocycles. The Labute approximate surface area is 116 Å². The van der Waals surface area contributed by atoms with E-state index in [-0.39, 0.29) is 0 Å². The fraction of sp³-hybridized carbons (Fsp3) is 0.625. The van der Waals surface area contributed by atoms with Gasteiger partial charge >= 0.3 is 0 Å². The van der Waals surface area contributed by atoms with E-state index in [0.29, 0.717) is 22.6 Å². The van der Waals surface area contributed by atoms with Crippen LogP contribution in [-0.2, 0) is 0 Å². The highest BCUT2D eigenvalue weighted by atomic mass is 32.2. The lowest BCUT2D eigenvalue weighted by Crippen LogP contribution is -2.38. The minimum absolute atomic E-state index is 0.301. The minimum Gasteiger partial charge on any atom is -0.326 e. The molecule has 2 unspecified atom stereocenters. The van der Waals surface area contributed by atoms with Crippen LogP contribution in [0.2, 0.25) is 0 Å². The van der Waals surface area contributed by atoms with Crippen molar-refractivity contribution in [1.29, 1.82) is 0 Å². The van der Waals surface area contributed by atoms with E-state index in [9.17, 15) is 0 Å². The second-order valence-electron chi connectivity index (χ2n) is 6.43. The van der Waals surface area contributed by atoms with Crippen molar-refractivity contribution in [3.63, 3.8) is 0 Å². The first-order chi connectivity index (χ1) is 8.40. The summed E-state index contributed by atoms with van der Waals surface area (Å²) in [7, 11) is 0. The first-order valence-corrected chi connectivity index (χ1v) is 7.80. The number of hydrogen-bond donors (Lipinski definition) is 1. The van der Waals surface area contributed by atoms with Gasteiger partial charge in [-0.3, -0.25) is 0 Å². The van der Waals surface area contributed by atoms with Crippen molar-refractivity contribution < 1.29 is 0 Å². The van der Waals surface area contributed by atoms with E-state index in [2.05, 4.69) is 52.0 Å². The number of thioether (sulfide) groups is 1. The Balaban J connectivity index is 2.02. The van der Waals surface area contributed by atoms with Crippen LogP contribution in [-0.4, -0.2) is 11.3 Å². The number of nitrogens with two attached hydrogens (primary N) is 1. The van der Waals surface area contributed by atoms with E-state index in [1.807, 2.05) is 11.8 Å². The third-order valence-corrected chi connectivity index (χ3v) is 5.59. The Morgan fingerprint density at radius 3 is 2.28 bits per heavy atom. The lowest BCUT2D eigenvalue weighted by atomic mass is 9.88. The molecule has 0 amide bonds. The fourth-order valence-corrected chi connectivity index (χ4v) is 4.00. The fourth-order valence-electron chi connectivity index (χ4n) is 2.60. The van der Waals surface area contributed by atoms with E-state index in [1.54, 1.807) is 0 Å². The molecule has 1 fully saturated rings. The number of benzene rings is 1. The molecular weight excluding hydrogens is 238 g/mol. The molecule has 1 aliphatic carbocycles. The summed E-state index contributed by atoms with van der Waals surface area (Å²) in [6, 6.07) is 9.31. The molecule has 1 aromatic rings. The largest absolute Gasteiger partial charge is 0.326 e. The lowest BCUT2D eigenvalue weighted by Gasteiger charge is -2.26. The summed E-state index contributed by atoms with van der Waals surface area (Å²) < 4.78 is 0. The van der Waals surface area contributed by atoms with Gasteiger partial charge in [-0.05, 0) is 41.9 Å². The van der Waals surface area contributed by atoms with E-state index < -0.39 is 0 Å². The van der Waals surface area contributed by atoms with Crippen LogP contribution >= 0.6 is 11.8 Å². The van der Waals surface area contributed by atoms with Gasteiger partial charge in [0.05, 0.1) is 0 Å². The molecule has 1 nitrogen and oxygen atoms in total. The minimum atomic E-state index is 0.301. The molecule has 100 valence electrons. The molecule has 2 N–H and O–H groups in total. The molecule has 1 saturated carbocycles. The predicted octanol–water partition coefficient (Wildman–Crippen LogP) is 4.42. The van der Waals surface area contributed by atoms with Crippen molar-refractivity contribution in [2.24, 2.45) is 11.1 Å². The Morgan fingerprint density at radius 2 is 1.83 bits per heavy atom. The molecule has 1 aliphatic rings. The molecule has 2 rings (SSSR count). The van der Waals surface area contributed by atoms with Crippen LogP contribution in [0.5, 0.6) is 0 Å². The highest BCUT2D eigenvalue weighted by Crippen LogP contribution is 2.43. The normalized spacial score (nSPS) is 26.8. The van der Waals surface area contributed by atoms with Crippen LogP contribution in [0, 0.1) is 5.41 Å². The summed E-state index contributed by atoms with van der Waals surface area (Å²) in [5, 5.41) is 0.574. The molecule has 0 saturated heterocycles. The van der Waals surface area contributed by atoms with Gasteiger partial charge in [0.1, 0.15) is 0 Å². The average Bonchev–Trinajstić information content (AvgIpc) is 2.57. The molecule has 0 aromatic heterocycles. The Kier molecular flexibility index (Phi) is 4.08. The number of hydrogen-bond acceptors (Lipinski definition) is 2. The van der Waals surface area contributed by atoms with Gasteiger partial charge in [-0.1, -0.05) is 39.8 Å². The molecule has 1 aromatic carbocycles. The van der Waals surface area contributed by atoms with Gasteiger partial charge in [0, 0.05) is 16.2 Å².